The first-order valence-corrected chi connectivity index (χ1v) is 5.55. The minimum Gasteiger partial charge on any atom is -0.468 e. The van der Waals surface area contributed by atoms with Crippen molar-refractivity contribution in [3.8, 4) is 0 Å². The third-order valence-electron chi connectivity index (χ3n) is 2.91. The van der Waals surface area contributed by atoms with Gasteiger partial charge in [-0.3, -0.25) is 4.79 Å². The van der Waals surface area contributed by atoms with Gasteiger partial charge < -0.3 is 9.47 Å². The molecule has 1 aromatic carbocycles. The van der Waals surface area contributed by atoms with Gasteiger partial charge in [0.25, 0.3) is 0 Å². The van der Waals surface area contributed by atoms with Crippen molar-refractivity contribution in [2.45, 2.75) is 6.42 Å². The van der Waals surface area contributed by atoms with Crippen LogP contribution in [0, 0.1) is 11.2 Å². The van der Waals surface area contributed by atoms with Crippen LogP contribution in [-0.4, -0.2) is 26.3 Å². The number of esters is 1. The van der Waals surface area contributed by atoms with Crippen molar-refractivity contribution in [3.63, 3.8) is 0 Å². The van der Waals surface area contributed by atoms with Gasteiger partial charge in [0, 0.05) is 5.02 Å². The molecular formula is C12H12ClFO3. The lowest BCUT2D eigenvalue weighted by Crippen LogP contribution is -2.51. The van der Waals surface area contributed by atoms with Crippen LogP contribution in [0.5, 0.6) is 0 Å². The van der Waals surface area contributed by atoms with Crippen molar-refractivity contribution in [2.24, 2.45) is 5.41 Å². The number of hydrogen-bond acceptors (Lipinski definition) is 3. The second-order valence-corrected chi connectivity index (χ2v) is 4.61. The Hall–Kier alpha value is -1.13. The van der Waals surface area contributed by atoms with Gasteiger partial charge in [-0.2, -0.15) is 0 Å². The van der Waals surface area contributed by atoms with Gasteiger partial charge in [-0.15, -0.1) is 0 Å². The van der Waals surface area contributed by atoms with E-state index in [1.807, 2.05) is 0 Å². The van der Waals surface area contributed by atoms with E-state index in [0.29, 0.717) is 10.6 Å². The zero-order chi connectivity index (χ0) is 12.5. The lowest BCUT2D eigenvalue weighted by Gasteiger charge is -2.38. The number of rotatable bonds is 3. The SMILES string of the molecule is COC(=O)C1(Cc2cc(Cl)ccc2F)COC1. The third-order valence-corrected chi connectivity index (χ3v) is 3.15. The van der Waals surface area contributed by atoms with E-state index >= 15 is 0 Å². The van der Waals surface area contributed by atoms with E-state index < -0.39 is 5.41 Å². The van der Waals surface area contributed by atoms with E-state index in [0.717, 1.165) is 0 Å². The highest BCUT2D eigenvalue weighted by atomic mass is 35.5. The van der Waals surface area contributed by atoms with Crippen LogP contribution in [0.4, 0.5) is 4.39 Å². The second-order valence-electron chi connectivity index (χ2n) is 4.18. The van der Waals surface area contributed by atoms with E-state index in [1.54, 1.807) is 0 Å². The fraction of sp³-hybridized carbons (Fsp3) is 0.417. The van der Waals surface area contributed by atoms with Gasteiger partial charge in [-0.25, -0.2) is 4.39 Å². The standard InChI is InChI=1S/C12H12ClFO3/c1-16-11(15)12(6-17-7-12)5-8-4-9(13)2-3-10(8)14/h2-4H,5-7H2,1H3. The Labute approximate surface area is 103 Å². The highest BCUT2D eigenvalue weighted by molar-refractivity contribution is 6.30. The number of carbonyl (C=O) groups excluding carboxylic acids is 1. The molecule has 0 atom stereocenters. The summed E-state index contributed by atoms with van der Waals surface area (Å²) in [6, 6.07) is 4.30. The number of hydrogen-bond donors (Lipinski definition) is 0. The average molecular weight is 259 g/mol. The van der Waals surface area contributed by atoms with E-state index in [1.165, 1.54) is 25.3 Å². The van der Waals surface area contributed by atoms with Gasteiger partial charge in [0.2, 0.25) is 0 Å². The molecule has 1 fully saturated rings. The molecule has 2 rings (SSSR count). The van der Waals surface area contributed by atoms with E-state index in [-0.39, 0.29) is 31.4 Å². The fourth-order valence-electron chi connectivity index (χ4n) is 1.90. The Kier molecular flexibility index (Phi) is 3.35. The summed E-state index contributed by atoms with van der Waals surface area (Å²) >= 11 is 5.81. The van der Waals surface area contributed by atoms with Crippen molar-refractivity contribution in [1.82, 2.24) is 0 Å². The van der Waals surface area contributed by atoms with Crippen molar-refractivity contribution >= 4 is 17.6 Å². The normalized spacial score (nSPS) is 17.4. The maximum Gasteiger partial charge on any atom is 0.316 e. The molecule has 92 valence electrons. The molecule has 5 heteroatoms. The molecule has 1 aliphatic heterocycles. The van der Waals surface area contributed by atoms with Crippen LogP contribution >= 0.6 is 11.6 Å². The summed E-state index contributed by atoms with van der Waals surface area (Å²) in [4.78, 5) is 11.7. The summed E-state index contributed by atoms with van der Waals surface area (Å²) in [5, 5.41) is 0.446. The topological polar surface area (TPSA) is 35.5 Å². The first-order valence-electron chi connectivity index (χ1n) is 5.17. The summed E-state index contributed by atoms with van der Waals surface area (Å²) in [7, 11) is 1.32. The molecular weight excluding hydrogens is 247 g/mol. The molecule has 0 bridgehead atoms. The van der Waals surface area contributed by atoms with Crippen molar-refractivity contribution in [2.75, 3.05) is 20.3 Å². The van der Waals surface area contributed by atoms with Crippen molar-refractivity contribution in [1.29, 1.82) is 0 Å². The molecule has 0 aliphatic carbocycles. The number of halogens is 2. The highest BCUT2D eigenvalue weighted by Crippen LogP contribution is 2.34. The van der Waals surface area contributed by atoms with Gasteiger partial charge >= 0.3 is 5.97 Å². The predicted molar refractivity (Wildman–Crippen MR) is 60.4 cm³/mol. The quantitative estimate of drug-likeness (QED) is 0.780. The van der Waals surface area contributed by atoms with Crippen molar-refractivity contribution in [3.05, 3.63) is 34.6 Å². The Balaban J connectivity index is 2.24. The second kappa shape index (κ2) is 4.63. The Morgan fingerprint density at radius 2 is 2.29 bits per heavy atom. The monoisotopic (exact) mass is 258 g/mol. The molecule has 0 spiro atoms. The molecule has 1 heterocycles. The summed E-state index contributed by atoms with van der Waals surface area (Å²) in [5.41, 5.74) is -0.355. The van der Waals surface area contributed by atoms with Gasteiger partial charge in [0.1, 0.15) is 11.2 Å². The maximum atomic E-state index is 13.6. The number of benzene rings is 1. The molecule has 17 heavy (non-hydrogen) atoms. The number of methoxy groups -OCH3 is 1. The Bertz CT molecular complexity index is 443. The van der Waals surface area contributed by atoms with Gasteiger partial charge in [-0.1, -0.05) is 11.6 Å². The molecule has 0 unspecified atom stereocenters. The van der Waals surface area contributed by atoms with Crippen molar-refractivity contribution < 1.29 is 18.7 Å². The highest BCUT2D eigenvalue weighted by Gasteiger charge is 2.47. The Morgan fingerprint density at radius 3 is 2.82 bits per heavy atom. The van der Waals surface area contributed by atoms with Crippen LogP contribution in [0.3, 0.4) is 0 Å². The first kappa shape index (κ1) is 12.3. The molecule has 0 radical (unpaired) electrons. The van der Waals surface area contributed by atoms with Gasteiger partial charge in [0.15, 0.2) is 0 Å². The molecule has 1 saturated heterocycles. The summed E-state index contributed by atoms with van der Waals surface area (Å²) in [6.45, 7) is 0.511. The predicted octanol–water partition coefficient (Wildman–Crippen LogP) is 2.21. The minimum absolute atomic E-state index is 0.242. The molecule has 1 aliphatic rings. The van der Waals surface area contributed by atoms with Crippen LogP contribution < -0.4 is 0 Å². The third kappa shape index (κ3) is 2.28. The first-order chi connectivity index (χ1) is 8.07. The zero-order valence-corrected chi connectivity index (χ0v) is 10.1. The minimum atomic E-state index is -0.764. The fourth-order valence-corrected chi connectivity index (χ4v) is 2.10. The molecule has 0 N–H and O–H groups in total. The molecule has 0 aromatic heterocycles. The molecule has 1 aromatic rings. The van der Waals surface area contributed by atoms with Crippen LogP contribution in [-0.2, 0) is 20.7 Å². The lowest BCUT2D eigenvalue weighted by atomic mass is 9.79. The number of carbonyl (C=O) groups is 1. The Morgan fingerprint density at radius 1 is 1.59 bits per heavy atom. The summed E-state index contributed by atoms with van der Waals surface area (Å²) < 4.78 is 23.3. The maximum absolute atomic E-state index is 13.6. The smallest absolute Gasteiger partial charge is 0.316 e. The van der Waals surface area contributed by atoms with Crippen LogP contribution in [0.15, 0.2) is 18.2 Å². The molecule has 3 nitrogen and oxygen atoms in total. The van der Waals surface area contributed by atoms with Crippen LogP contribution in [0.1, 0.15) is 5.56 Å². The van der Waals surface area contributed by atoms with E-state index in [9.17, 15) is 9.18 Å². The van der Waals surface area contributed by atoms with Crippen LogP contribution in [0.2, 0.25) is 5.02 Å². The summed E-state index contributed by atoms with van der Waals surface area (Å²) in [6.07, 6.45) is 0.242. The summed E-state index contributed by atoms with van der Waals surface area (Å²) in [5.74, 6) is -0.743. The van der Waals surface area contributed by atoms with E-state index in [2.05, 4.69) is 0 Å². The average Bonchev–Trinajstić information content (AvgIpc) is 2.27. The molecule has 0 amide bonds. The molecule has 0 saturated carbocycles. The lowest BCUT2D eigenvalue weighted by molar-refractivity contribution is -0.183. The largest absolute Gasteiger partial charge is 0.468 e. The number of ether oxygens (including phenoxy) is 2. The zero-order valence-electron chi connectivity index (χ0n) is 9.33. The van der Waals surface area contributed by atoms with Gasteiger partial charge in [0.05, 0.1) is 20.3 Å². The van der Waals surface area contributed by atoms with Gasteiger partial charge in [-0.05, 0) is 30.2 Å². The van der Waals surface area contributed by atoms with E-state index in [4.69, 9.17) is 21.1 Å². The van der Waals surface area contributed by atoms with Crippen LogP contribution in [0.25, 0.3) is 0 Å².